The maximum absolute atomic E-state index is 12.7. The van der Waals surface area contributed by atoms with Crippen molar-refractivity contribution in [3.8, 4) is 0 Å². The van der Waals surface area contributed by atoms with Gasteiger partial charge in [0.25, 0.3) is 0 Å². The molecule has 2 unspecified atom stereocenters. The SMILES string of the molecule is CCC1CC2C(=O)N(c3n[nH]c4ccccc34)C(=O)C2C1. The monoisotopic (exact) mass is 283 g/mol. The Bertz CT molecular complexity index is 712. The van der Waals surface area contributed by atoms with E-state index in [2.05, 4.69) is 17.1 Å². The minimum Gasteiger partial charge on any atom is -0.276 e. The Kier molecular flexibility index (Phi) is 2.64. The van der Waals surface area contributed by atoms with Gasteiger partial charge in [-0.3, -0.25) is 14.7 Å². The molecule has 2 heterocycles. The van der Waals surface area contributed by atoms with Crippen LogP contribution in [0, 0.1) is 17.8 Å². The number of anilines is 1. The summed E-state index contributed by atoms with van der Waals surface area (Å²) in [5, 5.41) is 7.92. The van der Waals surface area contributed by atoms with Crippen molar-refractivity contribution in [2.24, 2.45) is 17.8 Å². The molecule has 108 valence electrons. The van der Waals surface area contributed by atoms with Crippen LogP contribution in [0.5, 0.6) is 0 Å². The molecule has 0 radical (unpaired) electrons. The van der Waals surface area contributed by atoms with Crippen molar-refractivity contribution in [1.29, 1.82) is 0 Å². The summed E-state index contributed by atoms with van der Waals surface area (Å²) < 4.78 is 0. The Morgan fingerprint density at radius 3 is 2.52 bits per heavy atom. The summed E-state index contributed by atoms with van der Waals surface area (Å²) in [6.45, 7) is 2.12. The number of aromatic nitrogens is 2. The molecular weight excluding hydrogens is 266 g/mol. The molecule has 4 rings (SSSR count). The van der Waals surface area contributed by atoms with Gasteiger partial charge in [-0.15, -0.1) is 0 Å². The van der Waals surface area contributed by atoms with E-state index in [1.807, 2.05) is 24.3 Å². The van der Waals surface area contributed by atoms with Crippen LogP contribution in [-0.4, -0.2) is 22.0 Å². The Hall–Kier alpha value is -2.17. The van der Waals surface area contributed by atoms with Crippen LogP contribution in [0.1, 0.15) is 26.2 Å². The normalized spacial score (nSPS) is 28.6. The molecule has 1 N–H and O–H groups in total. The van der Waals surface area contributed by atoms with Gasteiger partial charge in [0.1, 0.15) is 0 Å². The lowest BCUT2D eigenvalue weighted by molar-refractivity contribution is -0.123. The summed E-state index contributed by atoms with van der Waals surface area (Å²) in [5.41, 5.74) is 0.844. The fraction of sp³-hybridized carbons (Fsp3) is 0.438. The number of hydrogen-bond donors (Lipinski definition) is 1. The lowest BCUT2D eigenvalue weighted by Crippen LogP contribution is -2.32. The van der Waals surface area contributed by atoms with E-state index in [9.17, 15) is 9.59 Å². The number of H-pyrrole nitrogens is 1. The largest absolute Gasteiger partial charge is 0.276 e. The van der Waals surface area contributed by atoms with Crippen LogP contribution in [0.2, 0.25) is 0 Å². The number of rotatable bonds is 2. The van der Waals surface area contributed by atoms with Gasteiger partial charge in [-0.05, 0) is 30.9 Å². The Balaban J connectivity index is 1.74. The molecular formula is C16H17N3O2. The summed E-state index contributed by atoms with van der Waals surface area (Å²) in [6.07, 6.45) is 2.72. The Labute approximate surface area is 122 Å². The molecule has 5 nitrogen and oxygen atoms in total. The topological polar surface area (TPSA) is 66.1 Å². The third-order valence-electron chi connectivity index (χ3n) is 4.97. The smallest absolute Gasteiger partial charge is 0.238 e. The molecule has 1 aliphatic carbocycles. The van der Waals surface area contributed by atoms with E-state index in [-0.39, 0.29) is 23.7 Å². The molecule has 1 aliphatic heterocycles. The van der Waals surface area contributed by atoms with Gasteiger partial charge in [0.05, 0.1) is 17.4 Å². The quantitative estimate of drug-likeness (QED) is 0.861. The molecule has 2 atom stereocenters. The summed E-state index contributed by atoms with van der Waals surface area (Å²) in [7, 11) is 0. The zero-order valence-electron chi connectivity index (χ0n) is 11.9. The standard InChI is InChI=1S/C16H17N3O2/c1-2-9-7-11-12(8-9)16(21)19(15(11)20)14-10-5-3-4-6-13(10)17-18-14/h3-6,9,11-12H,2,7-8H2,1H3,(H,17,18). The molecule has 2 aromatic rings. The number of imide groups is 1. The van der Waals surface area contributed by atoms with E-state index >= 15 is 0 Å². The molecule has 1 saturated heterocycles. The van der Waals surface area contributed by atoms with Crippen molar-refractivity contribution in [2.45, 2.75) is 26.2 Å². The molecule has 0 spiro atoms. The average Bonchev–Trinajstić information content (AvgIpc) is 3.16. The third kappa shape index (κ3) is 1.66. The maximum Gasteiger partial charge on any atom is 0.238 e. The molecule has 5 heteroatoms. The van der Waals surface area contributed by atoms with E-state index in [4.69, 9.17) is 0 Å². The first-order chi connectivity index (χ1) is 10.2. The fourth-order valence-electron chi connectivity index (χ4n) is 3.79. The van der Waals surface area contributed by atoms with Gasteiger partial charge in [0.15, 0.2) is 5.82 Å². The van der Waals surface area contributed by atoms with Crippen molar-refractivity contribution < 1.29 is 9.59 Å². The van der Waals surface area contributed by atoms with Crippen LogP contribution in [0.4, 0.5) is 5.82 Å². The van der Waals surface area contributed by atoms with Gasteiger partial charge in [-0.25, -0.2) is 4.90 Å². The summed E-state index contributed by atoms with van der Waals surface area (Å²) in [5.74, 6) is 0.543. The van der Waals surface area contributed by atoms with Crippen molar-refractivity contribution in [2.75, 3.05) is 4.90 Å². The zero-order chi connectivity index (χ0) is 14.6. The van der Waals surface area contributed by atoms with E-state index in [0.29, 0.717) is 11.7 Å². The summed E-state index contributed by atoms with van der Waals surface area (Å²) in [4.78, 5) is 26.6. The predicted molar refractivity (Wildman–Crippen MR) is 78.6 cm³/mol. The maximum atomic E-state index is 12.7. The number of para-hydroxylation sites is 1. The van der Waals surface area contributed by atoms with Gasteiger partial charge in [-0.1, -0.05) is 25.5 Å². The highest BCUT2D eigenvalue weighted by molar-refractivity contribution is 6.24. The van der Waals surface area contributed by atoms with Gasteiger partial charge in [0.2, 0.25) is 11.8 Å². The summed E-state index contributed by atoms with van der Waals surface area (Å²) >= 11 is 0. The number of benzene rings is 1. The van der Waals surface area contributed by atoms with Gasteiger partial charge < -0.3 is 0 Å². The lowest BCUT2D eigenvalue weighted by Gasteiger charge is -2.15. The van der Waals surface area contributed by atoms with Crippen LogP contribution in [0.15, 0.2) is 24.3 Å². The van der Waals surface area contributed by atoms with Crippen molar-refractivity contribution >= 4 is 28.5 Å². The number of fused-ring (bicyclic) bond motifs is 2. The number of hydrogen-bond acceptors (Lipinski definition) is 3. The molecule has 1 aromatic heterocycles. The molecule has 2 aliphatic rings. The van der Waals surface area contributed by atoms with Crippen molar-refractivity contribution in [3.63, 3.8) is 0 Å². The second-order valence-electron chi connectivity index (χ2n) is 6.06. The first kappa shape index (κ1) is 12.6. The molecule has 2 amide bonds. The summed E-state index contributed by atoms with van der Waals surface area (Å²) in [6, 6.07) is 7.57. The zero-order valence-corrected chi connectivity index (χ0v) is 11.9. The van der Waals surface area contributed by atoms with Gasteiger partial charge in [0, 0.05) is 5.39 Å². The molecule has 2 fully saturated rings. The Morgan fingerprint density at radius 1 is 1.19 bits per heavy atom. The molecule has 1 saturated carbocycles. The van der Waals surface area contributed by atoms with Crippen LogP contribution >= 0.6 is 0 Å². The van der Waals surface area contributed by atoms with Crippen LogP contribution in [0.3, 0.4) is 0 Å². The molecule has 1 aromatic carbocycles. The van der Waals surface area contributed by atoms with E-state index in [1.165, 1.54) is 4.90 Å². The minimum atomic E-state index is -0.141. The molecule has 0 bridgehead atoms. The minimum absolute atomic E-state index is 0.0711. The number of aromatic amines is 1. The second kappa shape index (κ2) is 4.41. The number of carbonyl (C=O) groups excluding carboxylic acids is 2. The van der Waals surface area contributed by atoms with Crippen molar-refractivity contribution in [1.82, 2.24) is 10.2 Å². The number of amides is 2. The first-order valence-corrected chi connectivity index (χ1v) is 7.51. The highest BCUT2D eigenvalue weighted by atomic mass is 16.2. The lowest BCUT2D eigenvalue weighted by atomic mass is 10.00. The molecule has 21 heavy (non-hydrogen) atoms. The first-order valence-electron chi connectivity index (χ1n) is 7.51. The van der Waals surface area contributed by atoms with E-state index in [0.717, 1.165) is 30.2 Å². The number of nitrogens with one attached hydrogen (secondary N) is 1. The van der Waals surface area contributed by atoms with Crippen LogP contribution in [0.25, 0.3) is 10.9 Å². The average molecular weight is 283 g/mol. The highest BCUT2D eigenvalue weighted by Crippen LogP contribution is 2.46. The second-order valence-corrected chi connectivity index (χ2v) is 6.06. The third-order valence-corrected chi connectivity index (χ3v) is 4.97. The Morgan fingerprint density at radius 2 is 1.86 bits per heavy atom. The highest BCUT2D eigenvalue weighted by Gasteiger charge is 2.53. The predicted octanol–water partition coefficient (Wildman–Crippen LogP) is 2.49. The van der Waals surface area contributed by atoms with Gasteiger partial charge >= 0.3 is 0 Å². The van der Waals surface area contributed by atoms with Crippen LogP contribution in [-0.2, 0) is 9.59 Å². The van der Waals surface area contributed by atoms with Crippen molar-refractivity contribution in [3.05, 3.63) is 24.3 Å². The number of nitrogens with zero attached hydrogens (tertiary/aromatic N) is 2. The number of carbonyl (C=O) groups is 2. The van der Waals surface area contributed by atoms with Gasteiger partial charge in [-0.2, -0.15) is 5.10 Å². The van der Waals surface area contributed by atoms with E-state index < -0.39 is 0 Å². The fourth-order valence-corrected chi connectivity index (χ4v) is 3.79. The van der Waals surface area contributed by atoms with Crippen LogP contribution < -0.4 is 4.90 Å². The van der Waals surface area contributed by atoms with E-state index in [1.54, 1.807) is 0 Å².